The van der Waals surface area contributed by atoms with Crippen LogP contribution < -0.4 is 9.80 Å². The molecule has 6 nitrogen and oxygen atoms in total. The highest BCUT2D eigenvalue weighted by atomic mass is 16.3. The Morgan fingerprint density at radius 1 is 0.149 bits per heavy atom. The Bertz CT molecular complexity index is 8860. The van der Waals surface area contributed by atoms with E-state index in [1.54, 1.807) is 0 Å². The predicted molar refractivity (Wildman–Crippen MR) is 564 cm³/mol. The second-order valence-electron chi connectivity index (χ2n) is 34.6. The molecule has 0 amide bonds. The highest BCUT2D eigenvalue weighted by Gasteiger charge is 2.23. The quantitative estimate of drug-likeness (QED) is 0.0967. The van der Waals surface area contributed by atoms with Crippen molar-refractivity contribution in [3.8, 4) is 100 Å². The first-order valence-electron chi connectivity index (χ1n) is 45.8. The predicted octanol–water partition coefficient (Wildman–Crippen LogP) is 35.9. The number of benzene rings is 22. The van der Waals surface area contributed by atoms with Gasteiger partial charge in [-0.2, -0.15) is 0 Å². The van der Waals surface area contributed by atoms with Gasteiger partial charge in [0.05, 0.1) is 27.8 Å². The van der Waals surface area contributed by atoms with Crippen molar-refractivity contribution in [3.63, 3.8) is 0 Å². The zero-order valence-corrected chi connectivity index (χ0v) is 73.1. The van der Waals surface area contributed by atoms with Crippen LogP contribution in [-0.4, -0.2) is 9.13 Å². The summed E-state index contributed by atoms with van der Waals surface area (Å²) < 4.78 is 17.3. The number of rotatable bonds is 16. The molecule has 0 radical (unpaired) electrons. The van der Waals surface area contributed by atoms with Crippen molar-refractivity contribution in [2.24, 2.45) is 0 Å². The molecule has 0 fully saturated rings. The summed E-state index contributed by atoms with van der Waals surface area (Å²) in [6.07, 6.45) is 0. The maximum absolute atomic E-state index is 6.28. The van der Waals surface area contributed by atoms with Gasteiger partial charge >= 0.3 is 0 Å². The summed E-state index contributed by atoms with van der Waals surface area (Å²) in [6, 6.07) is 184. The number of furan rings is 2. The van der Waals surface area contributed by atoms with E-state index in [1.165, 1.54) is 115 Å². The topological polar surface area (TPSA) is 42.6 Å². The molecule has 0 bridgehead atoms. The molecule has 0 saturated heterocycles. The molecule has 134 heavy (non-hydrogen) atoms. The number of aromatic nitrogens is 2. The average molecular weight is 1710 g/mol. The molecule has 26 aromatic rings. The number of nitrogens with zero attached hydrogens (tertiary/aromatic N) is 4. The zero-order chi connectivity index (χ0) is 88.5. The lowest BCUT2D eigenvalue weighted by atomic mass is 9.97. The van der Waals surface area contributed by atoms with Crippen LogP contribution in [0.1, 0.15) is 0 Å². The van der Waals surface area contributed by atoms with Crippen LogP contribution in [0, 0.1) is 0 Å². The van der Waals surface area contributed by atoms with Crippen LogP contribution in [-0.2, 0) is 0 Å². The first-order valence-corrected chi connectivity index (χ1v) is 45.8. The standard InChI is InChI=1S/2C64H42N2O/c1-2-13-47-41-51(25-24-43(47)12-1)55-16-3-7-20-60(55)65(53-35-28-46(29-36-53)50-32-39-59-58-19-6-10-23-63(58)67-64(59)42-50)52-33-26-44(27-34-52)48-14-11-15-49(40-48)45-30-37-54(38-31-45)66-61-21-8-4-17-56(61)57-18-5-9-22-62(57)66;1-2-15-55-46(11-1)12-10-19-56(55)47-29-38-53(39-30-47)65(52-34-25-45(26-35-52)50-31-40-60-59-18-5-8-22-63(59)67-64(60)42-50)51-32-23-43(24-33-51)48-13-9-14-49(41-48)44-27-36-54(37-28-44)66-61-20-6-3-16-57(61)58-17-4-7-21-62(58)66/h2*1-42H. The number of fused-ring (bicyclic) bond motifs is 14. The minimum absolute atomic E-state index is 0.896. The Morgan fingerprint density at radius 2 is 0.440 bits per heavy atom. The van der Waals surface area contributed by atoms with Crippen LogP contribution in [0.4, 0.5) is 34.1 Å². The number of anilines is 6. The average Bonchev–Trinajstić information content (AvgIpc) is 1.63. The lowest BCUT2D eigenvalue weighted by Crippen LogP contribution is -2.11. The van der Waals surface area contributed by atoms with Crippen LogP contribution in [0.2, 0.25) is 0 Å². The van der Waals surface area contributed by atoms with Crippen molar-refractivity contribution >= 4 is 143 Å². The fraction of sp³-hybridized carbons (Fsp3) is 0. The number of hydrogen-bond acceptors (Lipinski definition) is 4. The summed E-state index contributed by atoms with van der Waals surface area (Å²) in [5, 5.41) is 14.6. The van der Waals surface area contributed by atoms with E-state index < -0.39 is 0 Å². The second kappa shape index (κ2) is 33.3. The van der Waals surface area contributed by atoms with Gasteiger partial charge in [-0.05, 0) is 275 Å². The van der Waals surface area contributed by atoms with Crippen molar-refractivity contribution in [3.05, 3.63) is 510 Å². The third-order valence-corrected chi connectivity index (χ3v) is 26.8. The van der Waals surface area contributed by atoms with E-state index in [9.17, 15) is 0 Å². The van der Waals surface area contributed by atoms with Gasteiger partial charge in [0.2, 0.25) is 0 Å². The molecule has 22 aromatic carbocycles. The molecule has 0 aliphatic carbocycles. The van der Waals surface area contributed by atoms with Crippen LogP contribution >= 0.6 is 0 Å². The highest BCUT2D eigenvalue weighted by Crippen LogP contribution is 2.47. The van der Waals surface area contributed by atoms with Crippen LogP contribution in [0.15, 0.2) is 518 Å². The van der Waals surface area contributed by atoms with E-state index in [1.807, 2.05) is 24.3 Å². The first-order chi connectivity index (χ1) is 66.4. The summed E-state index contributed by atoms with van der Waals surface area (Å²) >= 11 is 0. The molecule has 26 rings (SSSR count). The van der Waals surface area contributed by atoms with Crippen molar-refractivity contribution in [2.45, 2.75) is 0 Å². The smallest absolute Gasteiger partial charge is 0.136 e. The minimum Gasteiger partial charge on any atom is -0.456 e. The normalized spacial score (nSPS) is 11.6. The molecule has 0 atom stereocenters. The van der Waals surface area contributed by atoms with E-state index >= 15 is 0 Å². The molecule has 4 heterocycles. The van der Waals surface area contributed by atoms with Gasteiger partial charge in [0.15, 0.2) is 0 Å². The van der Waals surface area contributed by atoms with E-state index in [4.69, 9.17) is 8.83 Å². The number of hydrogen-bond donors (Lipinski definition) is 0. The Labute approximate surface area is 775 Å². The summed E-state index contributed by atoms with van der Waals surface area (Å²) in [4.78, 5) is 4.73. The SMILES string of the molecule is c1cc(-c2ccc(N(c3ccc(-c4ccc5c(c4)oc4ccccc45)cc3)c3ccc(-c4cccc5ccccc45)cc3)cc2)cc(-c2ccc(-n3c4ccccc4c4ccccc43)cc2)c1.c1cc(-c2ccc(N(c3ccc(-c4ccc5c(c4)oc4ccccc45)cc3)c3ccccc3-c3ccc4ccccc4c3)cc2)cc(-c2ccc(-n3c4ccccc4c4ccccc43)cc2)c1. The first kappa shape index (κ1) is 78.4. The second-order valence-corrected chi connectivity index (χ2v) is 34.6. The van der Waals surface area contributed by atoms with E-state index in [0.717, 1.165) is 128 Å². The van der Waals surface area contributed by atoms with Gasteiger partial charge in [-0.3, -0.25) is 0 Å². The van der Waals surface area contributed by atoms with Gasteiger partial charge in [-0.15, -0.1) is 0 Å². The van der Waals surface area contributed by atoms with Gasteiger partial charge in [0, 0.05) is 88.5 Å². The fourth-order valence-electron chi connectivity index (χ4n) is 20.2. The Balaban J connectivity index is 0.000000143. The monoisotopic (exact) mass is 1710 g/mol. The Hall–Kier alpha value is -17.8. The Morgan fingerprint density at radius 3 is 0.873 bits per heavy atom. The highest BCUT2D eigenvalue weighted by molar-refractivity contribution is 6.12. The van der Waals surface area contributed by atoms with E-state index in [-0.39, 0.29) is 0 Å². The molecule has 0 aliphatic rings. The van der Waals surface area contributed by atoms with Gasteiger partial charge in [-0.1, -0.05) is 340 Å². The van der Waals surface area contributed by atoms with Crippen molar-refractivity contribution in [1.29, 1.82) is 0 Å². The van der Waals surface area contributed by atoms with Crippen molar-refractivity contribution < 1.29 is 8.83 Å². The van der Waals surface area contributed by atoms with E-state index in [2.05, 4.69) is 504 Å². The van der Waals surface area contributed by atoms with Crippen LogP contribution in [0.25, 0.3) is 209 Å². The maximum Gasteiger partial charge on any atom is 0.136 e. The van der Waals surface area contributed by atoms with Crippen LogP contribution in [0.3, 0.4) is 0 Å². The summed E-state index contributed by atoms with van der Waals surface area (Å²) in [7, 11) is 0. The lowest BCUT2D eigenvalue weighted by Gasteiger charge is -2.28. The van der Waals surface area contributed by atoms with Gasteiger partial charge < -0.3 is 27.8 Å². The molecule has 628 valence electrons. The Kier molecular flexibility index (Phi) is 19.5. The van der Waals surface area contributed by atoms with Gasteiger partial charge in [0.1, 0.15) is 22.3 Å². The fourth-order valence-corrected chi connectivity index (χ4v) is 20.2. The molecule has 0 saturated carbocycles. The maximum atomic E-state index is 6.28. The molecule has 6 heteroatoms. The molecule has 4 aromatic heterocycles. The zero-order valence-electron chi connectivity index (χ0n) is 73.1. The third kappa shape index (κ3) is 14.3. The molecule has 0 N–H and O–H groups in total. The van der Waals surface area contributed by atoms with Gasteiger partial charge in [-0.25, -0.2) is 0 Å². The van der Waals surface area contributed by atoms with Crippen LogP contribution in [0.5, 0.6) is 0 Å². The third-order valence-electron chi connectivity index (χ3n) is 26.8. The molecular formula is C128H84N4O2. The van der Waals surface area contributed by atoms with Crippen molar-refractivity contribution in [2.75, 3.05) is 9.80 Å². The van der Waals surface area contributed by atoms with E-state index in [0.29, 0.717) is 0 Å². The van der Waals surface area contributed by atoms with Crippen molar-refractivity contribution in [1.82, 2.24) is 9.13 Å². The molecule has 0 aliphatic heterocycles. The van der Waals surface area contributed by atoms with Gasteiger partial charge in [0.25, 0.3) is 0 Å². The summed E-state index contributed by atoms with van der Waals surface area (Å²) in [6.45, 7) is 0. The minimum atomic E-state index is 0.896. The molecular weight excluding hydrogens is 1630 g/mol. The largest absolute Gasteiger partial charge is 0.456 e. The lowest BCUT2D eigenvalue weighted by molar-refractivity contribution is 0.668. The summed E-state index contributed by atoms with van der Waals surface area (Å²) in [5.74, 6) is 0. The summed E-state index contributed by atoms with van der Waals surface area (Å²) in [5.41, 5.74) is 35.9. The number of para-hydroxylation sites is 7. The molecule has 0 spiro atoms. The molecule has 0 unspecified atom stereocenters.